The first-order valence-corrected chi connectivity index (χ1v) is 8.65. The second-order valence-electron chi connectivity index (χ2n) is 7.16. The van der Waals surface area contributed by atoms with Crippen molar-refractivity contribution in [2.24, 2.45) is 0 Å². The Morgan fingerprint density at radius 2 is 1.96 bits per heavy atom. The smallest absolute Gasteiger partial charge is 0.167 e. The summed E-state index contributed by atoms with van der Waals surface area (Å²) in [5.74, 6) is 0.892. The number of Topliss-reactive ketones (excluding diaryl/α,β-unsaturated/α-hetero) is 1. The van der Waals surface area contributed by atoms with E-state index < -0.39 is 0 Å². The molecule has 1 saturated heterocycles. The fourth-order valence-electron chi connectivity index (χ4n) is 2.82. The summed E-state index contributed by atoms with van der Waals surface area (Å²) in [5.41, 5.74) is 1.93. The minimum atomic E-state index is 0.0261. The molecule has 1 heterocycles. The Kier molecular flexibility index (Phi) is 6.19. The van der Waals surface area contributed by atoms with Crippen molar-refractivity contribution in [1.82, 2.24) is 10.2 Å². The van der Waals surface area contributed by atoms with E-state index in [1.807, 2.05) is 19.1 Å². The number of rotatable bonds is 6. The molecule has 0 spiro atoms. The van der Waals surface area contributed by atoms with Crippen LogP contribution in [0.3, 0.4) is 0 Å². The van der Waals surface area contributed by atoms with Gasteiger partial charge in [-0.3, -0.25) is 4.79 Å². The van der Waals surface area contributed by atoms with E-state index in [2.05, 4.69) is 37.1 Å². The molecule has 1 aromatic carbocycles. The monoisotopic (exact) mass is 318 g/mol. The van der Waals surface area contributed by atoms with Crippen molar-refractivity contribution in [2.75, 3.05) is 39.3 Å². The normalized spacial score (nSPS) is 16.3. The van der Waals surface area contributed by atoms with Gasteiger partial charge in [0.05, 0.1) is 12.2 Å². The molecule has 23 heavy (non-hydrogen) atoms. The Morgan fingerprint density at radius 1 is 1.26 bits per heavy atom. The van der Waals surface area contributed by atoms with Gasteiger partial charge >= 0.3 is 0 Å². The first-order chi connectivity index (χ1) is 10.9. The molecule has 1 aromatic rings. The molecule has 128 valence electrons. The summed E-state index contributed by atoms with van der Waals surface area (Å²) in [6, 6.07) is 6.03. The summed E-state index contributed by atoms with van der Waals surface area (Å²) in [4.78, 5) is 15.1. The molecule has 1 N–H and O–H groups in total. The molecule has 4 heteroatoms. The number of benzene rings is 1. The van der Waals surface area contributed by atoms with Crippen LogP contribution < -0.4 is 10.1 Å². The van der Waals surface area contributed by atoms with Crippen LogP contribution in [-0.4, -0.2) is 50.0 Å². The van der Waals surface area contributed by atoms with Gasteiger partial charge in [-0.2, -0.15) is 0 Å². The minimum Gasteiger partial charge on any atom is -0.493 e. The number of nitrogens with one attached hydrogen (secondary N) is 1. The Bertz CT molecular complexity index is 529. The third-order valence-electron chi connectivity index (χ3n) is 4.31. The van der Waals surface area contributed by atoms with Crippen LogP contribution in [0.2, 0.25) is 0 Å². The molecule has 4 nitrogen and oxygen atoms in total. The Labute approximate surface area is 140 Å². The van der Waals surface area contributed by atoms with E-state index in [0.29, 0.717) is 18.8 Å². The molecule has 0 atom stereocenters. The summed E-state index contributed by atoms with van der Waals surface area (Å²) >= 11 is 0. The van der Waals surface area contributed by atoms with Gasteiger partial charge in [-0.15, -0.1) is 0 Å². The van der Waals surface area contributed by atoms with Crippen LogP contribution >= 0.6 is 0 Å². The van der Waals surface area contributed by atoms with E-state index in [-0.39, 0.29) is 11.2 Å². The maximum atomic E-state index is 12.7. The lowest BCUT2D eigenvalue weighted by atomic mass is 9.85. The topological polar surface area (TPSA) is 41.6 Å². The Morgan fingerprint density at radius 3 is 2.57 bits per heavy atom. The third-order valence-corrected chi connectivity index (χ3v) is 4.31. The molecule has 2 rings (SSSR count). The van der Waals surface area contributed by atoms with E-state index >= 15 is 0 Å². The van der Waals surface area contributed by atoms with E-state index in [0.717, 1.165) is 38.3 Å². The average molecular weight is 318 g/mol. The van der Waals surface area contributed by atoms with Crippen molar-refractivity contribution in [3.63, 3.8) is 0 Å². The Balaban J connectivity index is 2.12. The summed E-state index contributed by atoms with van der Waals surface area (Å²) in [6.45, 7) is 13.9. The molecule has 0 aromatic heterocycles. The third kappa shape index (κ3) is 5.05. The summed E-state index contributed by atoms with van der Waals surface area (Å²) in [7, 11) is 0. The highest BCUT2D eigenvalue weighted by Crippen LogP contribution is 2.29. The molecule has 0 bridgehead atoms. The SMILES string of the molecule is CCOc1ccc(C(C)(C)C)cc1C(=O)CCN1CCNCC1. The van der Waals surface area contributed by atoms with Gasteiger partial charge in [0.1, 0.15) is 5.75 Å². The summed E-state index contributed by atoms with van der Waals surface area (Å²) < 4.78 is 5.67. The first kappa shape index (κ1) is 18.0. The quantitative estimate of drug-likeness (QED) is 0.819. The minimum absolute atomic E-state index is 0.0261. The molecule has 1 aliphatic heterocycles. The maximum absolute atomic E-state index is 12.7. The molecule has 1 fully saturated rings. The van der Waals surface area contributed by atoms with Gasteiger partial charge in [0.25, 0.3) is 0 Å². The summed E-state index contributed by atoms with van der Waals surface area (Å²) in [5, 5.41) is 3.34. The van der Waals surface area contributed by atoms with Crippen LogP contribution in [0.25, 0.3) is 0 Å². The number of piperazine rings is 1. The largest absolute Gasteiger partial charge is 0.493 e. The molecular weight excluding hydrogens is 288 g/mol. The highest BCUT2D eigenvalue weighted by Gasteiger charge is 2.20. The van der Waals surface area contributed by atoms with Crippen LogP contribution in [0.5, 0.6) is 5.75 Å². The zero-order valence-electron chi connectivity index (χ0n) is 14.9. The van der Waals surface area contributed by atoms with Gasteiger partial charge in [0, 0.05) is 39.1 Å². The fraction of sp³-hybridized carbons (Fsp3) is 0.632. The summed E-state index contributed by atoms with van der Waals surface area (Å²) in [6.07, 6.45) is 0.549. The first-order valence-electron chi connectivity index (χ1n) is 8.65. The van der Waals surface area contributed by atoms with Crippen LogP contribution in [0, 0.1) is 0 Å². The highest BCUT2D eigenvalue weighted by atomic mass is 16.5. The number of ketones is 1. The van der Waals surface area contributed by atoms with Gasteiger partial charge in [0.15, 0.2) is 5.78 Å². The second kappa shape index (κ2) is 7.93. The van der Waals surface area contributed by atoms with E-state index in [9.17, 15) is 4.79 Å². The fourth-order valence-corrected chi connectivity index (χ4v) is 2.82. The van der Waals surface area contributed by atoms with Gasteiger partial charge < -0.3 is 15.0 Å². The predicted octanol–water partition coefficient (Wildman–Crippen LogP) is 2.86. The number of hydrogen-bond acceptors (Lipinski definition) is 4. The number of carbonyl (C=O) groups is 1. The molecule has 1 aliphatic rings. The van der Waals surface area contributed by atoms with Gasteiger partial charge in [0.2, 0.25) is 0 Å². The number of ether oxygens (including phenoxy) is 1. The van der Waals surface area contributed by atoms with Crippen molar-refractivity contribution in [3.05, 3.63) is 29.3 Å². The van der Waals surface area contributed by atoms with Crippen molar-refractivity contribution < 1.29 is 9.53 Å². The lowest BCUT2D eigenvalue weighted by Crippen LogP contribution is -2.44. The van der Waals surface area contributed by atoms with Crippen LogP contribution in [0.15, 0.2) is 18.2 Å². The van der Waals surface area contributed by atoms with E-state index in [1.165, 1.54) is 5.56 Å². The average Bonchev–Trinajstić information content (AvgIpc) is 2.53. The standard InChI is InChI=1S/C19H30N2O2/c1-5-23-18-7-6-15(19(2,3)4)14-16(18)17(22)8-11-21-12-9-20-10-13-21/h6-7,14,20H,5,8-13H2,1-4H3. The van der Waals surface area contributed by atoms with Crippen molar-refractivity contribution in [1.29, 1.82) is 0 Å². The molecule has 0 amide bonds. The lowest BCUT2D eigenvalue weighted by molar-refractivity contribution is 0.0957. The van der Waals surface area contributed by atoms with E-state index in [4.69, 9.17) is 4.74 Å². The predicted molar refractivity (Wildman–Crippen MR) is 94.6 cm³/mol. The maximum Gasteiger partial charge on any atom is 0.167 e. The Hall–Kier alpha value is -1.39. The van der Waals surface area contributed by atoms with E-state index in [1.54, 1.807) is 0 Å². The van der Waals surface area contributed by atoms with Crippen LogP contribution in [0.4, 0.5) is 0 Å². The molecule has 0 saturated carbocycles. The van der Waals surface area contributed by atoms with Gasteiger partial charge in [-0.1, -0.05) is 26.8 Å². The molecule has 0 aliphatic carbocycles. The molecule has 0 unspecified atom stereocenters. The van der Waals surface area contributed by atoms with Gasteiger partial charge in [-0.05, 0) is 30.0 Å². The van der Waals surface area contributed by atoms with Crippen molar-refractivity contribution in [2.45, 2.75) is 39.5 Å². The number of nitrogens with zero attached hydrogens (tertiary/aromatic N) is 1. The van der Waals surface area contributed by atoms with Crippen LogP contribution in [-0.2, 0) is 5.41 Å². The van der Waals surface area contributed by atoms with Crippen molar-refractivity contribution >= 4 is 5.78 Å². The van der Waals surface area contributed by atoms with Crippen LogP contribution in [0.1, 0.15) is 50.0 Å². The highest BCUT2D eigenvalue weighted by molar-refractivity contribution is 5.99. The molecule has 0 radical (unpaired) electrons. The zero-order chi connectivity index (χ0) is 16.9. The van der Waals surface area contributed by atoms with Gasteiger partial charge in [-0.25, -0.2) is 0 Å². The zero-order valence-corrected chi connectivity index (χ0v) is 14.9. The number of hydrogen-bond donors (Lipinski definition) is 1. The second-order valence-corrected chi connectivity index (χ2v) is 7.16. The molecular formula is C19H30N2O2. The van der Waals surface area contributed by atoms with Crippen molar-refractivity contribution in [3.8, 4) is 5.75 Å². The lowest BCUT2D eigenvalue weighted by Gasteiger charge is -2.27. The number of carbonyl (C=O) groups excluding carboxylic acids is 1.